The molecule has 0 radical (unpaired) electrons. The van der Waals surface area contributed by atoms with Crippen molar-refractivity contribution in [2.75, 3.05) is 0 Å². The summed E-state index contributed by atoms with van der Waals surface area (Å²) in [4.78, 5) is 0. The molecule has 0 fully saturated rings. The summed E-state index contributed by atoms with van der Waals surface area (Å²) in [5.41, 5.74) is 8.54. The number of hydrogen-bond donors (Lipinski definition) is 1. The number of nitrogens with two attached hydrogens (primary N) is 1. The van der Waals surface area contributed by atoms with E-state index in [0.29, 0.717) is 12.5 Å². The highest BCUT2D eigenvalue weighted by Crippen LogP contribution is 2.23. The van der Waals surface area contributed by atoms with Gasteiger partial charge in [0, 0.05) is 17.5 Å². The van der Waals surface area contributed by atoms with Crippen molar-refractivity contribution in [2.45, 2.75) is 26.8 Å². The maximum Gasteiger partial charge on any atom is 0.171 e. The van der Waals surface area contributed by atoms with Crippen molar-refractivity contribution in [1.29, 1.82) is 0 Å². The molecule has 0 saturated carbocycles. The Kier molecular flexibility index (Phi) is 2.73. The molecule has 3 nitrogen and oxygen atoms in total. The fourth-order valence-corrected chi connectivity index (χ4v) is 1.76. The fourth-order valence-electron chi connectivity index (χ4n) is 1.76. The number of hydrogen-bond acceptors (Lipinski definition) is 3. The largest absolute Gasteiger partial charge is 0.356 e. The fraction of sp³-hybridized carbons (Fsp3) is 0.417. The highest BCUT2D eigenvalue weighted by atomic mass is 16.5. The van der Waals surface area contributed by atoms with E-state index in [-0.39, 0.29) is 0 Å². The maximum absolute atomic E-state index is 5.64. The van der Waals surface area contributed by atoms with Crippen LogP contribution in [0.15, 0.2) is 22.7 Å². The van der Waals surface area contributed by atoms with Crippen LogP contribution in [-0.2, 0) is 13.0 Å². The number of rotatable bonds is 3. The Balaban J connectivity index is 2.51. The van der Waals surface area contributed by atoms with E-state index >= 15 is 0 Å². The Hall–Kier alpha value is -1.35. The van der Waals surface area contributed by atoms with E-state index in [1.165, 1.54) is 0 Å². The summed E-state index contributed by atoms with van der Waals surface area (Å²) >= 11 is 0. The molecule has 0 atom stereocenters. The van der Waals surface area contributed by atoms with E-state index in [1.807, 2.05) is 18.2 Å². The van der Waals surface area contributed by atoms with Gasteiger partial charge in [-0.3, -0.25) is 0 Å². The van der Waals surface area contributed by atoms with Gasteiger partial charge in [0.2, 0.25) is 0 Å². The minimum Gasteiger partial charge on any atom is -0.356 e. The molecule has 0 aliphatic carbocycles. The predicted octanol–water partition coefficient (Wildman–Crippen LogP) is 2.49. The summed E-state index contributed by atoms with van der Waals surface area (Å²) in [5, 5.41) is 5.22. The van der Waals surface area contributed by atoms with Gasteiger partial charge in [-0.05, 0) is 18.4 Å². The molecular weight excluding hydrogens is 188 g/mol. The average Bonchev–Trinajstić information content (AvgIpc) is 2.61. The van der Waals surface area contributed by atoms with Crippen LogP contribution < -0.4 is 5.73 Å². The Morgan fingerprint density at radius 2 is 2.20 bits per heavy atom. The van der Waals surface area contributed by atoms with E-state index in [2.05, 4.69) is 19.0 Å². The molecule has 0 bridgehead atoms. The van der Waals surface area contributed by atoms with Crippen LogP contribution in [0.1, 0.15) is 25.1 Å². The van der Waals surface area contributed by atoms with Crippen molar-refractivity contribution in [1.82, 2.24) is 5.16 Å². The van der Waals surface area contributed by atoms with Crippen LogP contribution >= 0.6 is 0 Å². The molecule has 0 aliphatic rings. The molecular formula is C12H16N2O. The average molecular weight is 204 g/mol. The van der Waals surface area contributed by atoms with Gasteiger partial charge < -0.3 is 10.3 Å². The third-order valence-corrected chi connectivity index (χ3v) is 2.48. The minimum atomic E-state index is 0.494. The number of para-hydroxylation sites is 1. The summed E-state index contributed by atoms with van der Waals surface area (Å²) in [5.74, 6) is 0.583. The standard InChI is InChI=1S/C12H16N2O/c1-8(2)6-11-10-5-3-4-9(7-13)12(10)15-14-11/h3-5,8H,6-7,13H2,1-2H3. The maximum atomic E-state index is 5.64. The molecule has 0 spiro atoms. The second kappa shape index (κ2) is 4.03. The normalized spacial score (nSPS) is 11.5. The Morgan fingerprint density at radius 3 is 2.87 bits per heavy atom. The number of fused-ring (bicyclic) bond motifs is 1. The SMILES string of the molecule is CC(C)Cc1noc2c(CN)cccc12. The van der Waals surface area contributed by atoms with Crippen LogP contribution in [0.25, 0.3) is 11.0 Å². The van der Waals surface area contributed by atoms with Crippen molar-refractivity contribution in [3.8, 4) is 0 Å². The molecule has 0 unspecified atom stereocenters. The predicted molar refractivity (Wildman–Crippen MR) is 60.4 cm³/mol. The van der Waals surface area contributed by atoms with Gasteiger partial charge in [0.05, 0.1) is 5.69 Å². The van der Waals surface area contributed by atoms with Crippen molar-refractivity contribution in [3.63, 3.8) is 0 Å². The van der Waals surface area contributed by atoms with Crippen LogP contribution in [0.4, 0.5) is 0 Å². The topological polar surface area (TPSA) is 52.0 Å². The first-order valence-corrected chi connectivity index (χ1v) is 5.28. The minimum absolute atomic E-state index is 0.494. The summed E-state index contributed by atoms with van der Waals surface area (Å²) in [6.07, 6.45) is 0.945. The molecule has 0 saturated heterocycles. The molecule has 2 rings (SSSR count). The van der Waals surface area contributed by atoms with Crippen LogP contribution in [-0.4, -0.2) is 5.16 Å². The first-order chi connectivity index (χ1) is 7.22. The highest BCUT2D eigenvalue weighted by Gasteiger charge is 2.11. The smallest absolute Gasteiger partial charge is 0.171 e. The third-order valence-electron chi connectivity index (χ3n) is 2.48. The van der Waals surface area contributed by atoms with Crippen molar-refractivity contribution >= 4 is 11.0 Å². The Morgan fingerprint density at radius 1 is 1.40 bits per heavy atom. The molecule has 3 heteroatoms. The van der Waals surface area contributed by atoms with E-state index in [1.54, 1.807) is 0 Å². The molecule has 2 N–H and O–H groups in total. The van der Waals surface area contributed by atoms with Crippen LogP contribution in [0.2, 0.25) is 0 Å². The summed E-state index contributed by atoms with van der Waals surface area (Å²) in [7, 11) is 0. The Bertz CT molecular complexity index is 460. The number of aromatic nitrogens is 1. The molecule has 80 valence electrons. The molecule has 0 amide bonds. The lowest BCUT2D eigenvalue weighted by atomic mass is 10.0. The van der Waals surface area contributed by atoms with Gasteiger partial charge in [0.15, 0.2) is 5.58 Å². The van der Waals surface area contributed by atoms with Gasteiger partial charge in [-0.25, -0.2) is 0 Å². The molecule has 1 heterocycles. The van der Waals surface area contributed by atoms with Gasteiger partial charge in [-0.2, -0.15) is 0 Å². The summed E-state index contributed by atoms with van der Waals surface area (Å²) in [6, 6.07) is 6.03. The van der Waals surface area contributed by atoms with Gasteiger partial charge in [-0.1, -0.05) is 31.1 Å². The van der Waals surface area contributed by atoms with E-state index < -0.39 is 0 Å². The summed E-state index contributed by atoms with van der Waals surface area (Å²) in [6.45, 7) is 4.84. The van der Waals surface area contributed by atoms with Crippen LogP contribution in [0.3, 0.4) is 0 Å². The lowest BCUT2D eigenvalue weighted by Gasteiger charge is -2.00. The number of nitrogens with zero attached hydrogens (tertiary/aromatic N) is 1. The van der Waals surface area contributed by atoms with Gasteiger partial charge in [0.1, 0.15) is 0 Å². The lowest BCUT2D eigenvalue weighted by Crippen LogP contribution is -1.97. The van der Waals surface area contributed by atoms with Gasteiger partial charge >= 0.3 is 0 Å². The highest BCUT2D eigenvalue weighted by molar-refractivity contribution is 5.82. The molecule has 0 aliphatic heterocycles. The number of benzene rings is 1. The zero-order chi connectivity index (χ0) is 10.8. The molecule has 2 aromatic rings. The van der Waals surface area contributed by atoms with Crippen molar-refractivity contribution < 1.29 is 4.52 Å². The van der Waals surface area contributed by atoms with Crippen LogP contribution in [0, 0.1) is 5.92 Å². The summed E-state index contributed by atoms with van der Waals surface area (Å²) < 4.78 is 5.34. The van der Waals surface area contributed by atoms with E-state index in [0.717, 1.165) is 28.6 Å². The van der Waals surface area contributed by atoms with E-state index in [4.69, 9.17) is 10.3 Å². The first kappa shape index (κ1) is 10.2. The van der Waals surface area contributed by atoms with Crippen molar-refractivity contribution in [3.05, 3.63) is 29.5 Å². The quantitative estimate of drug-likeness (QED) is 0.835. The Labute approximate surface area is 89.2 Å². The second-order valence-electron chi connectivity index (χ2n) is 4.23. The first-order valence-electron chi connectivity index (χ1n) is 5.28. The van der Waals surface area contributed by atoms with Gasteiger partial charge in [-0.15, -0.1) is 0 Å². The third kappa shape index (κ3) is 1.88. The second-order valence-corrected chi connectivity index (χ2v) is 4.23. The van der Waals surface area contributed by atoms with Crippen molar-refractivity contribution in [2.24, 2.45) is 11.7 Å². The lowest BCUT2D eigenvalue weighted by molar-refractivity contribution is 0.437. The zero-order valence-corrected chi connectivity index (χ0v) is 9.16. The molecule has 1 aromatic carbocycles. The van der Waals surface area contributed by atoms with E-state index in [9.17, 15) is 0 Å². The molecule has 1 aromatic heterocycles. The zero-order valence-electron chi connectivity index (χ0n) is 9.16. The molecule has 15 heavy (non-hydrogen) atoms. The monoisotopic (exact) mass is 204 g/mol. The van der Waals surface area contributed by atoms with Gasteiger partial charge in [0.25, 0.3) is 0 Å². The van der Waals surface area contributed by atoms with Crippen LogP contribution in [0.5, 0.6) is 0 Å².